The molecule has 0 saturated heterocycles. The fraction of sp³-hybridized carbons (Fsp3) is 0.214. The van der Waals surface area contributed by atoms with Gasteiger partial charge in [0.25, 0.3) is 11.8 Å². The van der Waals surface area contributed by atoms with Crippen molar-refractivity contribution in [2.45, 2.75) is 20.4 Å². The molecule has 1 heterocycles. The molecule has 0 fully saturated rings. The number of aryl methyl sites for hydroxylation is 1. The van der Waals surface area contributed by atoms with E-state index in [0.717, 1.165) is 11.1 Å². The van der Waals surface area contributed by atoms with Crippen LogP contribution < -0.4 is 14.4 Å². The Balaban J connectivity index is 1.85. The summed E-state index contributed by atoms with van der Waals surface area (Å²) < 4.78 is 10.8. The van der Waals surface area contributed by atoms with Gasteiger partial charge in [-0.2, -0.15) is 0 Å². The van der Waals surface area contributed by atoms with Crippen LogP contribution in [-0.4, -0.2) is 37.5 Å². The first-order valence-corrected chi connectivity index (χ1v) is 11.2. The molecule has 3 aromatic rings. The number of imide groups is 1. The summed E-state index contributed by atoms with van der Waals surface area (Å²) >= 11 is 0. The molecule has 6 heteroatoms. The number of nitrogens with zero attached hydrogens (tertiary/aromatic N) is 2. The lowest BCUT2D eigenvalue weighted by Crippen LogP contribution is -2.35. The van der Waals surface area contributed by atoms with Crippen LogP contribution in [0.5, 0.6) is 11.5 Å². The minimum Gasteiger partial charge on any atom is -0.497 e. The predicted molar refractivity (Wildman–Crippen MR) is 133 cm³/mol. The second-order valence-corrected chi connectivity index (χ2v) is 8.07. The van der Waals surface area contributed by atoms with E-state index < -0.39 is 0 Å². The van der Waals surface area contributed by atoms with Crippen LogP contribution in [0, 0.1) is 6.92 Å². The third-order valence-electron chi connectivity index (χ3n) is 5.94. The van der Waals surface area contributed by atoms with Crippen LogP contribution in [0.25, 0.3) is 5.57 Å². The minimum atomic E-state index is -0.376. The van der Waals surface area contributed by atoms with Crippen LogP contribution in [0.4, 0.5) is 5.69 Å². The summed E-state index contributed by atoms with van der Waals surface area (Å²) in [5, 5.41) is 0. The van der Waals surface area contributed by atoms with Gasteiger partial charge in [-0.15, -0.1) is 0 Å². The Bertz CT molecular complexity index is 1230. The zero-order chi connectivity index (χ0) is 24.2. The average molecular weight is 457 g/mol. The molecule has 0 aromatic heterocycles. The van der Waals surface area contributed by atoms with Gasteiger partial charge in [0.05, 0.1) is 25.5 Å². The molecule has 0 spiro atoms. The molecule has 34 heavy (non-hydrogen) atoms. The molecule has 0 atom stereocenters. The topological polar surface area (TPSA) is 59.1 Å². The maximum absolute atomic E-state index is 13.9. The van der Waals surface area contributed by atoms with Crippen molar-refractivity contribution in [3.05, 3.63) is 95.2 Å². The molecule has 0 bridgehead atoms. The van der Waals surface area contributed by atoms with Gasteiger partial charge in [-0.05, 0) is 37.1 Å². The third-order valence-corrected chi connectivity index (χ3v) is 5.94. The first kappa shape index (κ1) is 23.1. The van der Waals surface area contributed by atoms with Gasteiger partial charge in [-0.1, -0.05) is 60.2 Å². The van der Waals surface area contributed by atoms with E-state index in [1.54, 1.807) is 25.3 Å². The summed E-state index contributed by atoms with van der Waals surface area (Å²) in [4.78, 5) is 30.9. The lowest BCUT2D eigenvalue weighted by Gasteiger charge is -2.25. The number of carbonyl (C=O) groups is 2. The number of carbonyl (C=O) groups excluding carboxylic acids is 2. The van der Waals surface area contributed by atoms with Gasteiger partial charge in [0.2, 0.25) is 0 Å². The molecule has 1 aliphatic rings. The third kappa shape index (κ3) is 4.27. The Morgan fingerprint density at radius 3 is 2.18 bits per heavy atom. The van der Waals surface area contributed by atoms with Gasteiger partial charge in [0.15, 0.2) is 0 Å². The highest BCUT2D eigenvalue weighted by Crippen LogP contribution is 2.40. The molecule has 2 amide bonds. The van der Waals surface area contributed by atoms with E-state index in [1.165, 1.54) is 12.0 Å². The molecule has 1 aliphatic heterocycles. The molecule has 6 nitrogen and oxygen atoms in total. The molecule has 174 valence electrons. The number of benzene rings is 3. The van der Waals surface area contributed by atoms with Gasteiger partial charge in [-0.25, -0.2) is 4.90 Å². The monoisotopic (exact) mass is 456 g/mol. The van der Waals surface area contributed by atoms with Crippen molar-refractivity contribution in [1.82, 2.24) is 4.90 Å². The summed E-state index contributed by atoms with van der Waals surface area (Å²) in [5.74, 6) is 0.211. The normalized spacial score (nSPS) is 13.5. The summed E-state index contributed by atoms with van der Waals surface area (Å²) in [6.45, 7) is 5.04. The molecule has 0 unspecified atom stereocenters. The molecule has 0 saturated carbocycles. The van der Waals surface area contributed by atoms with E-state index in [-0.39, 0.29) is 11.8 Å². The van der Waals surface area contributed by atoms with E-state index in [2.05, 4.69) is 0 Å². The number of likely N-dealkylation sites (N-methyl/N-ethyl adjacent to an activating group) is 1. The maximum atomic E-state index is 13.9. The van der Waals surface area contributed by atoms with Gasteiger partial charge in [0.1, 0.15) is 17.2 Å². The molecule has 4 rings (SSSR count). The Kier molecular flexibility index (Phi) is 6.68. The summed E-state index contributed by atoms with van der Waals surface area (Å²) in [7, 11) is 3.06. The second-order valence-electron chi connectivity index (χ2n) is 8.07. The zero-order valence-corrected chi connectivity index (χ0v) is 19.9. The number of amides is 2. The molecular weight excluding hydrogens is 428 g/mol. The Labute approximate surface area is 200 Å². The Morgan fingerprint density at radius 2 is 1.56 bits per heavy atom. The van der Waals surface area contributed by atoms with Gasteiger partial charge >= 0.3 is 0 Å². The van der Waals surface area contributed by atoms with E-state index >= 15 is 0 Å². The van der Waals surface area contributed by atoms with Crippen molar-refractivity contribution >= 4 is 23.1 Å². The van der Waals surface area contributed by atoms with Crippen molar-refractivity contribution in [2.75, 3.05) is 25.7 Å². The highest BCUT2D eigenvalue weighted by atomic mass is 16.5. The first-order valence-electron chi connectivity index (χ1n) is 11.2. The predicted octanol–water partition coefficient (Wildman–Crippen LogP) is 4.82. The standard InChI is InChI=1S/C28H28N2O4/c1-5-29(18-20-9-7-6-8-10-20)26-25(21-13-11-19(2)12-14-21)27(31)30(28(26)32)23-16-15-22(33-3)17-24(23)34-4/h6-17H,5,18H2,1-4H3. The van der Waals surface area contributed by atoms with Crippen LogP contribution in [0.1, 0.15) is 23.6 Å². The Morgan fingerprint density at radius 1 is 0.853 bits per heavy atom. The van der Waals surface area contributed by atoms with Crippen molar-refractivity contribution < 1.29 is 19.1 Å². The zero-order valence-electron chi connectivity index (χ0n) is 19.9. The largest absolute Gasteiger partial charge is 0.497 e. The summed E-state index contributed by atoms with van der Waals surface area (Å²) in [5.41, 5.74) is 4.00. The first-order chi connectivity index (χ1) is 16.5. The molecular formula is C28H28N2O4. The fourth-order valence-corrected chi connectivity index (χ4v) is 4.13. The number of hydrogen-bond donors (Lipinski definition) is 0. The number of rotatable bonds is 8. The van der Waals surface area contributed by atoms with E-state index in [9.17, 15) is 9.59 Å². The highest BCUT2D eigenvalue weighted by molar-refractivity contribution is 6.45. The number of anilines is 1. The molecule has 0 radical (unpaired) electrons. The number of ether oxygens (including phenoxy) is 2. The highest BCUT2D eigenvalue weighted by Gasteiger charge is 2.43. The molecule has 0 N–H and O–H groups in total. The summed E-state index contributed by atoms with van der Waals surface area (Å²) in [6.07, 6.45) is 0. The van der Waals surface area contributed by atoms with Crippen LogP contribution in [-0.2, 0) is 16.1 Å². The van der Waals surface area contributed by atoms with Crippen LogP contribution in [0.15, 0.2) is 78.5 Å². The van der Waals surface area contributed by atoms with Gasteiger partial charge in [0, 0.05) is 19.2 Å². The van der Waals surface area contributed by atoms with Crippen molar-refractivity contribution in [1.29, 1.82) is 0 Å². The maximum Gasteiger partial charge on any atom is 0.282 e. The lowest BCUT2D eigenvalue weighted by atomic mass is 10.0. The lowest BCUT2D eigenvalue weighted by molar-refractivity contribution is -0.120. The number of hydrogen-bond acceptors (Lipinski definition) is 5. The second kappa shape index (κ2) is 9.83. The van der Waals surface area contributed by atoms with E-state index in [1.807, 2.05) is 73.3 Å². The quantitative estimate of drug-likeness (QED) is 0.455. The van der Waals surface area contributed by atoms with Crippen molar-refractivity contribution in [3.63, 3.8) is 0 Å². The van der Waals surface area contributed by atoms with E-state index in [4.69, 9.17) is 9.47 Å². The number of methoxy groups -OCH3 is 2. The fourth-order valence-electron chi connectivity index (χ4n) is 4.13. The van der Waals surface area contributed by atoms with Crippen molar-refractivity contribution in [3.8, 4) is 11.5 Å². The van der Waals surface area contributed by atoms with Gasteiger partial charge in [-0.3, -0.25) is 9.59 Å². The molecule has 3 aromatic carbocycles. The Hall–Kier alpha value is -4.06. The average Bonchev–Trinajstić information content (AvgIpc) is 3.12. The van der Waals surface area contributed by atoms with E-state index in [0.29, 0.717) is 47.1 Å². The van der Waals surface area contributed by atoms with Crippen LogP contribution in [0.3, 0.4) is 0 Å². The molecule has 0 aliphatic carbocycles. The summed E-state index contributed by atoms with van der Waals surface area (Å²) in [6, 6.07) is 22.6. The minimum absolute atomic E-state index is 0.373. The smallest absolute Gasteiger partial charge is 0.282 e. The SMILES string of the molecule is CCN(Cc1ccccc1)C1=C(c2ccc(C)cc2)C(=O)N(c2ccc(OC)cc2OC)C1=O. The van der Waals surface area contributed by atoms with Crippen LogP contribution in [0.2, 0.25) is 0 Å². The van der Waals surface area contributed by atoms with Gasteiger partial charge < -0.3 is 14.4 Å². The van der Waals surface area contributed by atoms with Crippen molar-refractivity contribution in [2.24, 2.45) is 0 Å². The van der Waals surface area contributed by atoms with Crippen LogP contribution >= 0.6 is 0 Å².